The first-order valence-electron chi connectivity index (χ1n) is 7.79. The molecule has 1 aliphatic rings. The lowest BCUT2D eigenvalue weighted by Gasteiger charge is -2.35. The molecule has 1 fully saturated rings. The van der Waals surface area contributed by atoms with Gasteiger partial charge in [0.2, 0.25) is 5.89 Å². The average molecular weight is 304 g/mol. The molecule has 0 atom stereocenters. The van der Waals surface area contributed by atoms with Crippen molar-refractivity contribution in [1.82, 2.24) is 15.0 Å². The molecule has 0 amide bonds. The Morgan fingerprint density at radius 2 is 1.95 bits per heavy atom. The summed E-state index contributed by atoms with van der Waals surface area (Å²) in [7, 11) is 0. The fourth-order valence-electron chi connectivity index (χ4n) is 2.73. The molecule has 6 heteroatoms. The minimum absolute atomic E-state index is 0.156. The number of aryl methyl sites for hydroxylation is 1. The number of para-hydroxylation sites is 1. The maximum Gasteiger partial charge on any atom is 0.240 e. The van der Waals surface area contributed by atoms with E-state index in [-0.39, 0.29) is 5.82 Å². The molecule has 0 radical (unpaired) electrons. The van der Waals surface area contributed by atoms with E-state index < -0.39 is 0 Å². The number of rotatable bonds is 5. The average Bonchev–Trinajstić information content (AvgIpc) is 2.96. The summed E-state index contributed by atoms with van der Waals surface area (Å²) in [5, 5.41) is 3.97. The van der Waals surface area contributed by atoms with E-state index in [0.29, 0.717) is 18.1 Å². The van der Waals surface area contributed by atoms with E-state index in [4.69, 9.17) is 4.52 Å². The quantitative estimate of drug-likeness (QED) is 0.849. The second-order valence-corrected chi connectivity index (χ2v) is 5.57. The Kier molecular flexibility index (Phi) is 4.68. The van der Waals surface area contributed by atoms with Crippen LogP contribution >= 0.6 is 0 Å². The van der Waals surface area contributed by atoms with Gasteiger partial charge >= 0.3 is 0 Å². The van der Waals surface area contributed by atoms with Gasteiger partial charge in [-0.15, -0.1) is 0 Å². The zero-order valence-corrected chi connectivity index (χ0v) is 12.8. The van der Waals surface area contributed by atoms with E-state index >= 15 is 0 Å². The standard InChI is InChI=1S/C16H21FN4O/c1-2-5-15-18-16(22-19-15)12-20-8-10-21(11-9-20)14-7-4-3-6-13(14)17/h3-4,6-7H,2,5,8-12H2,1H3. The highest BCUT2D eigenvalue weighted by Gasteiger charge is 2.20. The van der Waals surface area contributed by atoms with Crippen molar-refractivity contribution in [3.8, 4) is 0 Å². The molecular weight excluding hydrogens is 283 g/mol. The zero-order valence-electron chi connectivity index (χ0n) is 12.8. The molecule has 0 spiro atoms. The number of nitrogens with zero attached hydrogens (tertiary/aromatic N) is 4. The molecule has 0 bridgehead atoms. The van der Waals surface area contributed by atoms with Gasteiger partial charge < -0.3 is 9.42 Å². The van der Waals surface area contributed by atoms with E-state index in [2.05, 4.69) is 26.9 Å². The maximum absolute atomic E-state index is 13.8. The van der Waals surface area contributed by atoms with Gasteiger partial charge in [0.05, 0.1) is 12.2 Å². The largest absolute Gasteiger partial charge is 0.367 e. The SMILES string of the molecule is CCCc1noc(CN2CCN(c3ccccc3F)CC2)n1. The summed E-state index contributed by atoms with van der Waals surface area (Å²) in [6.07, 6.45) is 1.87. The van der Waals surface area contributed by atoms with Crippen LogP contribution < -0.4 is 4.90 Å². The smallest absolute Gasteiger partial charge is 0.240 e. The Bertz CT molecular complexity index is 608. The lowest BCUT2D eigenvalue weighted by Crippen LogP contribution is -2.46. The van der Waals surface area contributed by atoms with Crippen molar-refractivity contribution in [2.45, 2.75) is 26.3 Å². The molecule has 1 aromatic heterocycles. The van der Waals surface area contributed by atoms with Gasteiger partial charge in [0.25, 0.3) is 0 Å². The predicted molar refractivity (Wildman–Crippen MR) is 82.2 cm³/mol. The zero-order chi connectivity index (χ0) is 15.4. The van der Waals surface area contributed by atoms with E-state index in [0.717, 1.165) is 44.8 Å². The normalized spacial score (nSPS) is 16.2. The fraction of sp³-hybridized carbons (Fsp3) is 0.500. The molecule has 1 aliphatic heterocycles. The second-order valence-electron chi connectivity index (χ2n) is 5.57. The summed E-state index contributed by atoms with van der Waals surface area (Å²) in [6, 6.07) is 6.94. The van der Waals surface area contributed by atoms with Gasteiger partial charge in [0.15, 0.2) is 5.82 Å². The highest BCUT2D eigenvalue weighted by molar-refractivity contribution is 5.47. The number of anilines is 1. The third-order valence-electron chi connectivity index (χ3n) is 3.91. The van der Waals surface area contributed by atoms with Crippen LogP contribution in [0.4, 0.5) is 10.1 Å². The molecule has 118 valence electrons. The molecule has 1 saturated heterocycles. The van der Waals surface area contributed by atoms with Crippen LogP contribution in [-0.2, 0) is 13.0 Å². The predicted octanol–water partition coefficient (Wildman–Crippen LogP) is 2.48. The molecule has 5 nitrogen and oxygen atoms in total. The molecule has 2 heterocycles. The number of hydrogen-bond acceptors (Lipinski definition) is 5. The third kappa shape index (κ3) is 3.44. The van der Waals surface area contributed by atoms with Gasteiger partial charge in [-0.2, -0.15) is 4.98 Å². The minimum atomic E-state index is -0.156. The monoisotopic (exact) mass is 304 g/mol. The van der Waals surface area contributed by atoms with Crippen LogP contribution in [0.25, 0.3) is 0 Å². The molecule has 0 unspecified atom stereocenters. The highest BCUT2D eigenvalue weighted by Crippen LogP contribution is 2.20. The van der Waals surface area contributed by atoms with E-state index in [1.54, 1.807) is 6.07 Å². The Labute approximate surface area is 129 Å². The Hall–Kier alpha value is -1.95. The number of hydrogen-bond donors (Lipinski definition) is 0. The molecule has 3 rings (SSSR count). The van der Waals surface area contributed by atoms with Gasteiger partial charge in [0, 0.05) is 32.6 Å². The summed E-state index contributed by atoms with van der Waals surface area (Å²) in [6.45, 7) is 6.09. The molecule has 0 saturated carbocycles. The summed E-state index contributed by atoms with van der Waals surface area (Å²) in [5.41, 5.74) is 0.685. The summed E-state index contributed by atoms with van der Waals surface area (Å²) in [4.78, 5) is 8.74. The lowest BCUT2D eigenvalue weighted by atomic mass is 10.2. The molecule has 1 aromatic carbocycles. The van der Waals surface area contributed by atoms with Crippen molar-refractivity contribution in [3.63, 3.8) is 0 Å². The number of piperazine rings is 1. The highest BCUT2D eigenvalue weighted by atomic mass is 19.1. The lowest BCUT2D eigenvalue weighted by molar-refractivity contribution is 0.215. The van der Waals surface area contributed by atoms with Gasteiger partial charge in [-0.05, 0) is 18.6 Å². The Balaban J connectivity index is 1.54. The maximum atomic E-state index is 13.8. The fourth-order valence-corrected chi connectivity index (χ4v) is 2.73. The van der Waals surface area contributed by atoms with Crippen molar-refractivity contribution in [3.05, 3.63) is 41.8 Å². The molecular formula is C16H21FN4O. The van der Waals surface area contributed by atoms with Crippen LogP contribution in [0.1, 0.15) is 25.1 Å². The topological polar surface area (TPSA) is 45.4 Å². The van der Waals surface area contributed by atoms with Crippen LogP contribution in [0, 0.1) is 5.82 Å². The first kappa shape index (κ1) is 15.0. The molecule has 2 aromatic rings. The van der Waals surface area contributed by atoms with Crippen molar-refractivity contribution >= 4 is 5.69 Å². The van der Waals surface area contributed by atoms with Gasteiger partial charge in [-0.3, -0.25) is 4.90 Å². The summed E-state index contributed by atoms with van der Waals surface area (Å²) < 4.78 is 19.1. The first-order chi connectivity index (χ1) is 10.8. The minimum Gasteiger partial charge on any atom is -0.367 e. The summed E-state index contributed by atoms with van der Waals surface area (Å²) in [5.74, 6) is 1.29. The Morgan fingerprint density at radius 1 is 1.18 bits per heavy atom. The summed E-state index contributed by atoms with van der Waals surface area (Å²) >= 11 is 0. The van der Waals surface area contributed by atoms with Gasteiger partial charge in [-0.1, -0.05) is 24.2 Å². The Morgan fingerprint density at radius 3 is 2.68 bits per heavy atom. The second kappa shape index (κ2) is 6.87. The first-order valence-corrected chi connectivity index (χ1v) is 7.79. The third-order valence-corrected chi connectivity index (χ3v) is 3.91. The van der Waals surface area contributed by atoms with Crippen LogP contribution in [0.3, 0.4) is 0 Å². The van der Waals surface area contributed by atoms with Crippen molar-refractivity contribution in [1.29, 1.82) is 0 Å². The molecule has 0 N–H and O–H groups in total. The van der Waals surface area contributed by atoms with E-state index in [1.807, 2.05) is 12.1 Å². The molecule has 0 aliphatic carbocycles. The van der Waals surface area contributed by atoms with Crippen LogP contribution in [0.2, 0.25) is 0 Å². The van der Waals surface area contributed by atoms with Crippen molar-refractivity contribution < 1.29 is 8.91 Å². The number of aromatic nitrogens is 2. The van der Waals surface area contributed by atoms with Crippen molar-refractivity contribution in [2.75, 3.05) is 31.1 Å². The molecule has 22 heavy (non-hydrogen) atoms. The van der Waals surface area contributed by atoms with Gasteiger partial charge in [-0.25, -0.2) is 4.39 Å². The van der Waals surface area contributed by atoms with Crippen LogP contribution in [0.5, 0.6) is 0 Å². The number of benzene rings is 1. The van der Waals surface area contributed by atoms with Gasteiger partial charge in [0.1, 0.15) is 5.82 Å². The van der Waals surface area contributed by atoms with Crippen LogP contribution in [-0.4, -0.2) is 41.2 Å². The number of halogens is 1. The van der Waals surface area contributed by atoms with Crippen molar-refractivity contribution in [2.24, 2.45) is 0 Å². The van der Waals surface area contributed by atoms with Crippen LogP contribution in [0.15, 0.2) is 28.8 Å². The van der Waals surface area contributed by atoms with E-state index in [9.17, 15) is 4.39 Å². The van der Waals surface area contributed by atoms with E-state index in [1.165, 1.54) is 6.07 Å².